The number of hydrogen-bond acceptors (Lipinski definition) is 4. The zero-order chi connectivity index (χ0) is 11.4. The van der Waals surface area contributed by atoms with Gasteiger partial charge in [-0.05, 0) is 31.4 Å². The van der Waals surface area contributed by atoms with E-state index in [-0.39, 0.29) is 0 Å². The molecule has 4 nitrogen and oxygen atoms in total. The summed E-state index contributed by atoms with van der Waals surface area (Å²) in [7, 11) is 1.58. The fourth-order valence-corrected chi connectivity index (χ4v) is 1.83. The summed E-state index contributed by atoms with van der Waals surface area (Å²) in [6.07, 6.45) is 7.74. The minimum absolute atomic E-state index is 0.464. The van der Waals surface area contributed by atoms with E-state index in [2.05, 4.69) is 22.5 Å². The second-order valence-corrected chi connectivity index (χ2v) is 3.92. The molecule has 3 N–H and O–H groups in total. The Bertz CT molecular complexity index is 390. The lowest BCUT2D eigenvalue weighted by molar-refractivity contribution is 0.400. The molecule has 0 fully saturated rings. The summed E-state index contributed by atoms with van der Waals surface area (Å²) in [5.74, 6) is 1.31. The zero-order valence-electron chi connectivity index (χ0n) is 9.44. The Labute approximate surface area is 95.5 Å². The fourth-order valence-electron chi connectivity index (χ4n) is 1.83. The summed E-state index contributed by atoms with van der Waals surface area (Å²) in [5, 5.41) is 3.38. The third kappa shape index (κ3) is 2.45. The summed E-state index contributed by atoms with van der Waals surface area (Å²) in [6.45, 7) is 0. The number of anilines is 2. The van der Waals surface area contributed by atoms with Crippen molar-refractivity contribution in [3.05, 3.63) is 24.3 Å². The van der Waals surface area contributed by atoms with E-state index in [1.165, 1.54) is 0 Å². The van der Waals surface area contributed by atoms with Gasteiger partial charge in [-0.25, -0.2) is 0 Å². The van der Waals surface area contributed by atoms with Crippen LogP contribution < -0.4 is 15.8 Å². The molecular weight excluding hydrogens is 202 g/mol. The second kappa shape index (κ2) is 4.88. The molecule has 1 aromatic rings. The Hall–Kier alpha value is -1.71. The molecule has 0 aliphatic heterocycles. The van der Waals surface area contributed by atoms with Crippen LogP contribution in [0.3, 0.4) is 0 Å². The smallest absolute Gasteiger partial charge is 0.238 e. The fraction of sp³-hybridized carbons (Fsp3) is 0.417. The number of nitrogens with two attached hydrogens (primary N) is 1. The van der Waals surface area contributed by atoms with Gasteiger partial charge in [-0.3, -0.25) is 0 Å². The van der Waals surface area contributed by atoms with E-state index in [4.69, 9.17) is 10.5 Å². The maximum Gasteiger partial charge on any atom is 0.238 e. The number of nitrogens with zero attached hydrogens (tertiary/aromatic N) is 1. The van der Waals surface area contributed by atoms with Crippen LogP contribution in [0.25, 0.3) is 0 Å². The van der Waals surface area contributed by atoms with Gasteiger partial charge < -0.3 is 15.8 Å². The summed E-state index contributed by atoms with van der Waals surface area (Å²) in [4.78, 5) is 4.30. The zero-order valence-corrected chi connectivity index (χ0v) is 9.44. The topological polar surface area (TPSA) is 60.2 Å². The molecule has 0 spiro atoms. The van der Waals surface area contributed by atoms with E-state index < -0.39 is 0 Å². The molecular formula is C12H17N3O. The van der Waals surface area contributed by atoms with Crippen molar-refractivity contribution in [3.63, 3.8) is 0 Å². The highest BCUT2D eigenvalue weighted by Crippen LogP contribution is 2.22. The van der Waals surface area contributed by atoms with Gasteiger partial charge in [0.25, 0.3) is 0 Å². The van der Waals surface area contributed by atoms with Crippen LogP contribution in [-0.4, -0.2) is 18.1 Å². The van der Waals surface area contributed by atoms with Crippen molar-refractivity contribution < 1.29 is 4.74 Å². The first-order chi connectivity index (χ1) is 7.79. The molecule has 0 saturated carbocycles. The first kappa shape index (κ1) is 10.8. The number of pyridine rings is 1. The van der Waals surface area contributed by atoms with Crippen molar-refractivity contribution >= 4 is 11.5 Å². The normalized spacial score (nSPS) is 19.4. The van der Waals surface area contributed by atoms with E-state index >= 15 is 0 Å². The molecule has 0 aromatic carbocycles. The number of allylic oxidation sites excluding steroid dienone is 1. The predicted molar refractivity (Wildman–Crippen MR) is 65.6 cm³/mol. The Balaban J connectivity index is 2.06. The number of nitrogen functional groups attached to an aromatic ring is 1. The largest absolute Gasteiger partial charge is 0.479 e. The number of ether oxygens (including phenoxy) is 1. The minimum atomic E-state index is 0.464. The van der Waals surface area contributed by atoms with E-state index in [1.807, 2.05) is 12.1 Å². The van der Waals surface area contributed by atoms with Crippen molar-refractivity contribution in [2.24, 2.45) is 0 Å². The quantitative estimate of drug-likeness (QED) is 0.765. The van der Waals surface area contributed by atoms with Crippen LogP contribution in [0.15, 0.2) is 24.3 Å². The highest BCUT2D eigenvalue weighted by atomic mass is 16.5. The Morgan fingerprint density at radius 3 is 3.00 bits per heavy atom. The number of aromatic nitrogens is 1. The molecule has 1 aliphatic carbocycles. The van der Waals surface area contributed by atoms with Crippen LogP contribution in [0, 0.1) is 0 Å². The summed E-state index contributed by atoms with van der Waals surface area (Å²) >= 11 is 0. The summed E-state index contributed by atoms with van der Waals surface area (Å²) < 4.78 is 5.08. The molecule has 0 bridgehead atoms. The van der Waals surface area contributed by atoms with E-state index in [0.717, 1.165) is 25.1 Å². The van der Waals surface area contributed by atoms with Crippen LogP contribution in [0.1, 0.15) is 19.3 Å². The predicted octanol–water partition coefficient (Wildman–Crippen LogP) is 2.19. The molecule has 1 aromatic heterocycles. The average Bonchev–Trinajstić information content (AvgIpc) is 2.33. The van der Waals surface area contributed by atoms with Crippen LogP contribution in [-0.2, 0) is 0 Å². The number of nitrogens with one attached hydrogen (secondary N) is 1. The number of hydrogen-bond donors (Lipinski definition) is 2. The highest BCUT2D eigenvalue weighted by Gasteiger charge is 2.11. The lowest BCUT2D eigenvalue weighted by Gasteiger charge is -2.20. The Morgan fingerprint density at radius 1 is 1.44 bits per heavy atom. The monoisotopic (exact) mass is 219 g/mol. The van der Waals surface area contributed by atoms with E-state index in [1.54, 1.807) is 7.11 Å². The summed E-state index contributed by atoms with van der Waals surface area (Å²) in [5.41, 5.74) is 6.27. The molecule has 16 heavy (non-hydrogen) atoms. The van der Waals surface area contributed by atoms with Gasteiger partial charge in [0.05, 0.1) is 12.8 Å². The first-order valence-corrected chi connectivity index (χ1v) is 5.51. The van der Waals surface area contributed by atoms with Crippen LogP contribution in [0.2, 0.25) is 0 Å². The van der Waals surface area contributed by atoms with E-state index in [0.29, 0.717) is 17.6 Å². The van der Waals surface area contributed by atoms with Gasteiger partial charge in [-0.15, -0.1) is 0 Å². The number of methoxy groups -OCH3 is 1. The third-order valence-electron chi connectivity index (χ3n) is 2.70. The lowest BCUT2D eigenvalue weighted by Crippen LogP contribution is -2.21. The van der Waals surface area contributed by atoms with Gasteiger partial charge in [0.15, 0.2) is 0 Å². The van der Waals surface area contributed by atoms with Gasteiger partial charge in [0.2, 0.25) is 5.88 Å². The van der Waals surface area contributed by atoms with Gasteiger partial charge in [0.1, 0.15) is 5.82 Å². The van der Waals surface area contributed by atoms with Gasteiger partial charge in [0, 0.05) is 6.04 Å². The van der Waals surface area contributed by atoms with Gasteiger partial charge in [-0.2, -0.15) is 4.98 Å². The lowest BCUT2D eigenvalue weighted by atomic mass is 10.0. The molecule has 1 aliphatic rings. The third-order valence-corrected chi connectivity index (χ3v) is 2.70. The molecule has 0 amide bonds. The van der Waals surface area contributed by atoms with Crippen molar-refractivity contribution in [3.8, 4) is 5.88 Å². The second-order valence-electron chi connectivity index (χ2n) is 3.92. The van der Waals surface area contributed by atoms with Crippen LogP contribution >= 0.6 is 0 Å². The van der Waals surface area contributed by atoms with Gasteiger partial charge >= 0.3 is 0 Å². The summed E-state index contributed by atoms with van der Waals surface area (Å²) in [6, 6.07) is 4.16. The highest BCUT2D eigenvalue weighted by molar-refractivity contribution is 5.53. The molecule has 1 heterocycles. The Kier molecular flexibility index (Phi) is 3.29. The molecule has 1 atom stereocenters. The maximum atomic E-state index is 5.71. The van der Waals surface area contributed by atoms with Crippen molar-refractivity contribution in [1.29, 1.82) is 0 Å². The van der Waals surface area contributed by atoms with Crippen molar-refractivity contribution in [2.75, 3.05) is 18.2 Å². The standard InChI is InChI=1S/C12H17N3O/c1-16-12-10(13)7-8-11(15-12)14-9-5-3-2-4-6-9/h2-3,7-9H,4-6,13H2,1H3,(H,14,15). The van der Waals surface area contributed by atoms with E-state index in [9.17, 15) is 0 Å². The van der Waals surface area contributed by atoms with Crippen molar-refractivity contribution in [1.82, 2.24) is 4.98 Å². The minimum Gasteiger partial charge on any atom is -0.479 e. The molecule has 86 valence electrons. The van der Waals surface area contributed by atoms with Crippen LogP contribution in [0.4, 0.5) is 11.5 Å². The molecule has 0 radical (unpaired) electrons. The van der Waals surface area contributed by atoms with Gasteiger partial charge in [-0.1, -0.05) is 12.2 Å². The number of rotatable bonds is 3. The molecule has 1 unspecified atom stereocenters. The molecule has 0 saturated heterocycles. The molecule has 4 heteroatoms. The maximum absolute atomic E-state index is 5.71. The SMILES string of the molecule is COc1nc(NC2CC=CCC2)ccc1N. The Morgan fingerprint density at radius 2 is 2.31 bits per heavy atom. The van der Waals surface area contributed by atoms with Crippen LogP contribution in [0.5, 0.6) is 5.88 Å². The molecule has 2 rings (SSSR count). The first-order valence-electron chi connectivity index (χ1n) is 5.51. The van der Waals surface area contributed by atoms with Crippen molar-refractivity contribution in [2.45, 2.75) is 25.3 Å². The average molecular weight is 219 g/mol.